The maximum Gasteiger partial charge on any atom is 0.160 e. The third-order valence-electron chi connectivity index (χ3n) is 10.6. The minimum Gasteiger partial charge on any atom is -0.245 e. The molecule has 0 spiro atoms. The van der Waals surface area contributed by atoms with Gasteiger partial charge in [-0.3, -0.25) is 0 Å². The van der Waals surface area contributed by atoms with Crippen LogP contribution in [0.4, 0.5) is 0 Å². The van der Waals surface area contributed by atoms with Gasteiger partial charge in [0.2, 0.25) is 0 Å². The first-order valence-electron chi connectivity index (χ1n) is 19.2. The second kappa shape index (κ2) is 14.6. The molecule has 3 heterocycles. The Labute approximate surface area is 331 Å². The van der Waals surface area contributed by atoms with Crippen molar-refractivity contribution in [2.45, 2.75) is 6.92 Å². The molecule has 0 saturated heterocycles. The van der Waals surface area contributed by atoms with Gasteiger partial charge in [0.25, 0.3) is 0 Å². The summed E-state index contributed by atoms with van der Waals surface area (Å²) in [4.78, 5) is 20.6. The third kappa shape index (κ3) is 6.75. The lowest BCUT2D eigenvalue weighted by molar-refractivity contribution is 1.18. The quantitative estimate of drug-likeness (QED) is 0.153. The number of aromatic nitrogens is 4. The van der Waals surface area contributed by atoms with Gasteiger partial charge in [-0.05, 0) is 65.1 Å². The lowest BCUT2D eigenvalue weighted by Gasteiger charge is -2.12. The molecule has 268 valence electrons. The molecule has 0 aliphatic heterocycles. The predicted octanol–water partition coefficient (Wildman–Crippen LogP) is 13.6. The zero-order valence-corrected chi connectivity index (χ0v) is 31.3. The highest BCUT2D eigenvalue weighted by molar-refractivity contribution is 6.05. The Hall–Kier alpha value is -7.56. The van der Waals surface area contributed by atoms with Gasteiger partial charge >= 0.3 is 0 Å². The molecule has 0 saturated carbocycles. The molecule has 0 amide bonds. The third-order valence-corrected chi connectivity index (χ3v) is 10.6. The summed E-state index contributed by atoms with van der Waals surface area (Å²) in [6.45, 7) is 2.15. The zero-order chi connectivity index (χ0) is 38.1. The fourth-order valence-electron chi connectivity index (χ4n) is 7.60. The maximum absolute atomic E-state index is 5.27. The molecule has 3 aromatic heterocycles. The van der Waals surface area contributed by atoms with E-state index in [-0.39, 0.29) is 0 Å². The molecule has 0 unspecified atom stereocenters. The lowest BCUT2D eigenvalue weighted by Crippen LogP contribution is -1.96. The van der Waals surface area contributed by atoms with Crippen LogP contribution in [0.15, 0.2) is 200 Å². The molecule has 57 heavy (non-hydrogen) atoms. The van der Waals surface area contributed by atoms with Gasteiger partial charge in [0.15, 0.2) is 5.82 Å². The summed E-state index contributed by atoms with van der Waals surface area (Å²) in [7, 11) is 0. The molecule has 0 N–H and O–H groups in total. The topological polar surface area (TPSA) is 51.6 Å². The van der Waals surface area contributed by atoms with E-state index in [1.165, 1.54) is 16.7 Å². The molecule has 10 aromatic rings. The molecule has 0 fully saturated rings. The second-order valence-corrected chi connectivity index (χ2v) is 14.4. The molecule has 0 aliphatic carbocycles. The summed E-state index contributed by atoms with van der Waals surface area (Å²) in [5.41, 5.74) is 16.3. The van der Waals surface area contributed by atoms with E-state index in [0.717, 1.165) is 83.5 Å². The van der Waals surface area contributed by atoms with Gasteiger partial charge < -0.3 is 0 Å². The summed E-state index contributed by atoms with van der Waals surface area (Å²) in [5, 5.41) is 2.18. The molecular weight excluding hydrogens is 693 g/mol. The Morgan fingerprint density at radius 2 is 0.737 bits per heavy atom. The van der Waals surface area contributed by atoms with Gasteiger partial charge in [-0.25, -0.2) is 19.9 Å². The largest absolute Gasteiger partial charge is 0.245 e. The first-order valence-corrected chi connectivity index (χ1v) is 19.2. The van der Waals surface area contributed by atoms with E-state index in [2.05, 4.69) is 177 Å². The van der Waals surface area contributed by atoms with Crippen molar-refractivity contribution in [3.05, 3.63) is 206 Å². The maximum atomic E-state index is 5.27. The van der Waals surface area contributed by atoms with E-state index in [1.807, 2.05) is 30.3 Å². The molecular formula is C53H36N4. The Balaban J connectivity index is 1.02. The SMILES string of the molecule is Cc1cc(-c2ccccc2)nc2c1ccc1ccc(-c3cccc(-c4cccc(-c5cc(-c6ccc(-c7ccccc7)cc6)nc(-c6ccccc6)n5)c4)c3)nc12. The summed E-state index contributed by atoms with van der Waals surface area (Å²) >= 11 is 0. The standard InChI is InChI=1S/C53H36N4/c1-35-31-48(38-15-7-3-8-16-38)55-52-46(35)29-27-40-28-30-47(54-51(40)52)44-21-11-19-42(32-44)43-20-12-22-45(33-43)50-34-49(56-53(57-50)41-17-9-4-10-18-41)39-25-23-37(24-26-39)36-13-5-2-6-14-36/h2-34H,1H3. The van der Waals surface area contributed by atoms with Crippen LogP contribution in [0.5, 0.6) is 0 Å². The zero-order valence-electron chi connectivity index (χ0n) is 31.3. The average molecular weight is 729 g/mol. The number of hydrogen-bond acceptors (Lipinski definition) is 4. The number of rotatable bonds is 7. The fraction of sp³-hybridized carbons (Fsp3) is 0.0189. The van der Waals surface area contributed by atoms with E-state index in [1.54, 1.807) is 0 Å². The lowest BCUT2D eigenvalue weighted by atomic mass is 9.97. The van der Waals surface area contributed by atoms with Gasteiger partial charge in [-0.15, -0.1) is 0 Å². The van der Waals surface area contributed by atoms with Crippen LogP contribution in [0.25, 0.3) is 100 Å². The number of aryl methyl sites for hydroxylation is 1. The molecule has 7 aromatic carbocycles. The number of nitrogens with zero attached hydrogens (tertiary/aromatic N) is 4. The Morgan fingerprint density at radius 1 is 0.281 bits per heavy atom. The van der Waals surface area contributed by atoms with Gasteiger partial charge in [-0.2, -0.15) is 0 Å². The second-order valence-electron chi connectivity index (χ2n) is 14.4. The Bertz CT molecular complexity index is 3050. The molecule has 0 bridgehead atoms. The molecule has 0 radical (unpaired) electrons. The highest BCUT2D eigenvalue weighted by atomic mass is 14.9. The smallest absolute Gasteiger partial charge is 0.160 e. The van der Waals surface area contributed by atoms with Crippen molar-refractivity contribution in [3.8, 4) is 78.7 Å². The van der Waals surface area contributed by atoms with Crippen LogP contribution in [-0.4, -0.2) is 19.9 Å². The van der Waals surface area contributed by atoms with Gasteiger partial charge in [0.05, 0.1) is 33.8 Å². The summed E-state index contributed by atoms with van der Waals surface area (Å²) in [6.07, 6.45) is 0. The van der Waals surface area contributed by atoms with E-state index in [4.69, 9.17) is 19.9 Å². The highest BCUT2D eigenvalue weighted by Gasteiger charge is 2.14. The van der Waals surface area contributed by atoms with E-state index in [9.17, 15) is 0 Å². The first-order chi connectivity index (χ1) is 28.1. The summed E-state index contributed by atoms with van der Waals surface area (Å²) < 4.78 is 0. The number of fused-ring (bicyclic) bond motifs is 3. The van der Waals surface area contributed by atoms with Crippen molar-refractivity contribution in [1.29, 1.82) is 0 Å². The van der Waals surface area contributed by atoms with Crippen molar-refractivity contribution in [1.82, 2.24) is 19.9 Å². The van der Waals surface area contributed by atoms with Crippen molar-refractivity contribution in [2.24, 2.45) is 0 Å². The van der Waals surface area contributed by atoms with Crippen molar-refractivity contribution in [3.63, 3.8) is 0 Å². The van der Waals surface area contributed by atoms with E-state index < -0.39 is 0 Å². The van der Waals surface area contributed by atoms with Crippen LogP contribution < -0.4 is 0 Å². The normalized spacial score (nSPS) is 11.2. The van der Waals surface area contributed by atoms with Crippen LogP contribution in [0.1, 0.15) is 5.56 Å². The van der Waals surface area contributed by atoms with E-state index in [0.29, 0.717) is 5.82 Å². The molecule has 10 rings (SSSR count). The van der Waals surface area contributed by atoms with E-state index >= 15 is 0 Å². The molecule has 0 aliphatic rings. The number of pyridine rings is 2. The van der Waals surface area contributed by atoms with Crippen LogP contribution in [-0.2, 0) is 0 Å². The van der Waals surface area contributed by atoms with Crippen molar-refractivity contribution < 1.29 is 0 Å². The fourth-order valence-corrected chi connectivity index (χ4v) is 7.60. The van der Waals surface area contributed by atoms with Gasteiger partial charge in [-0.1, -0.05) is 170 Å². The summed E-state index contributed by atoms with van der Waals surface area (Å²) in [6, 6.07) is 69.7. The highest BCUT2D eigenvalue weighted by Crippen LogP contribution is 2.34. The predicted molar refractivity (Wildman–Crippen MR) is 235 cm³/mol. The van der Waals surface area contributed by atoms with Crippen LogP contribution >= 0.6 is 0 Å². The van der Waals surface area contributed by atoms with Crippen LogP contribution in [0.3, 0.4) is 0 Å². The number of benzene rings is 7. The first kappa shape index (κ1) is 34.0. The van der Waals surface area contributed by atoms with Crippen molar-refractivity contribution in [2.75, 3.05) is 0 Å². The Morgan fingerprint density at radius 3 is 1.40 bits per heavy atom. The molecule has 4 heteroatoms. The van der Waals surface area contributed by atoms with Gasteiger partial charge in [0.1, 0.15) is 0 Å². The van der Waals surface area contributed by atoms with Gasteiger partial charge in [0, 0.05) is 38.6 Å². The Kier molecular flexibility index (Phi) is 8.69. The van der Waals surface area contributed by atoms with Crippen molar-refractivity contribution >= 4 is 21.8 Å². The van der Waals surface area contributed by atoms with Crippen LogP contribution in [0, 0.1) is 6.92 Å². The van der Waals surface area contributed by atoms with Crippen LogP contribution in [0.2, 0.25) is 0 Å². The molecule has 0 atom stereocenters. The minimum atomic E-state index is 0.693. The number of hydrogen-bond donors (Lipinski definition) is 0. The minimum absolute atomic E-state index is 0.693. The average Bonchev–Trinajstić information content (AvgIpc) is 3.29. The molecule has 4 nitrogen and oxygen atoms in total. The summed E-state index contributed by atoms with van der Waals surface area (Å²) in [5.74, 6) is 0.693. The monoisotopic (exact) mass is 728 g/mol.